The van der Waals surface area contributed by atoms with E-state index in [1.54, 1.807) is 0 Å². The number of hydrogen-bond acceptors (Lipinski definition) is 5. The Bertz CT molecular complexity index is 764. The molecular weight excluding hydrogens is 425 g/mol. The lowest BCUT2D eigenvalue weighted by molar-refractivity contribution is -0.192. The van der Waals surface area contributed by atoms with Gasteiger partial charge in [0.1, 0.15) is 0 Å². The zero-order chi connectivity index (χ0) is 22.2. The molecule has 2 heterocycles. The molecule has 172 valence electrons. The molecule has 4 aliphatic rings. The molecule has 0 aromatic heterocycles. The van der Waals surface area contributed by atoms with Gasteiger partial charge in [0.25, 0.3) is 0 Å². The number of rotatable bonds is 1. The molecule has 11 heteroatoms. The minimum atomic E-state index is -5.08. The summed E-state index contributed by atoms with van der Waals surface area (Å²) in [5.41, 5.74) is 0.181. The number of amides is 1. The summed E-state index contributed by atoms with van der Waals surface area (Å²) >= 11 is 0. The van der Waals surface area contributed by atoms with Crippen LogP contribution in [0.1, 0.15) is 57.8 Å². The molecule has 4 rings (SSSR count). The fraction of sp³-hybridized carbons (Fsp3) is 0.895. The summed E-state index contributed by atoms with van der Waals surface area (Å²) < 4.78 is 58.1. The summed E-state index contributed by atoms with van der Waals surface area (Å²) in [4.78, 5) is 21.7. The maximum atomic E-state index is 12.8. The van der Waals surface area contributed by atoms with Crippen molar-refractivity contribution in [1.29, 1.82) is 0 Å². The second-order valence-electron chi connectivity index (χ2n) is 9.32. The quantitative estimate of drug-likeness (QED) is 0.631. The lowest BCUT2D eigenvalue weighted by atomic mass is 9.55. The maximum Gasteiger partial charge on any atom is 0.490 e. The van der Waals surface area contributed by atoms with E-state index in [1.807, 2.05) is 0 Å². The third-order valence-electron chi connectivity index (χ3n) is 7.08. The van der Waals surface area contributed by atoms with Gasteiger partial charge in [0, 0.05) is 17.9 Å². The van der Waals surface area contributed by atoms with E-state index in [-0.39, 0.29) is 23.0 Å². The zero-order valence-corrected chi connectivity index (χ0v) is 17.7. The van der Waals surface area contributed by atoms with Gasteiger partial charge in [-0.1, -0.05) is 19.3 Å². The molecule has 2 saturated carbocycles. The van der Waals surface area contributed by atoms with Gasteiger partial charge < -0.3 is 10.4 Å². The molecule has 0 bridgehead atoms. The van der Waals surface area contributed by atoms with Crippen LogP contribution < -0.4 is 5.32 Å². The van der Waals surface area contributed by atoms with E-state index in [2.05, 4.69) is 5.32 Å². The number of carbonyl (C=O) groups excluding carboxylic acids is 1. The first kappa shape index (κ1) is 23.3. The van der Waals surface area contributed by atoms with Crippen molar-refractivity contribution in [2.45, 2.75) is 64.0 Å². The van der Waals surface area contributed by atoms with Crippen LogP contribution in [0.3, 0.4) is 0 Å². The van der Waals surface area contributed by atoms with E-state index < -0.39 is 22.2 Å². The summed E-state index contributed by atoms with van der Waals surface area (Å²) in [5.74, 6) is -2.73. The van der Waals surface area contributed by atoms with Gasteiger partial charge >= 0.3 is 12.1 Å². The Morgan fingerprint density at radius 3 is 2.00 bits per heavy atom. The van der Waals surface area contributed by atoms with E-state index in [0.29, 0.717) is 12.0 Å². The van der Waals surface area contributed by atoms with Gasteiger partial charge in [0.2, 0.25) is 15.9 Å². The van der Waals surface area contributed by atoms with Crippen molar-refractivity contribution < 1.29 is 36.3 Å². The third-order valence-corrected chi connectivity index (χ3v) is 9.04. The molecular formula is C19H29F3N2O5S. The van der Waals surface area contributed by atoms with Gasteiger partial charge in [-0.2, -0.15) is 13.2 Å². The maximum absolute atomic E-state index is 12.8. The molecule has 2 spiro atoms. The van der Waals surface area contributed by atoms with Crippen LogP contribution in [0.25, 0.3) is 0 Å². The number of piperidine rings is 1. The van der Waals surface area contributed by atoms with Crippen LogP contribution in [0.15, 0.2) is 0 Å². The van der Waals surface area contributed by atoms with Gasteiger partial charge in [-0.05, 0) is 57.0 Å². The first-order valence-corrected chi connectivity index (χ1v) is 12.0. The van der Waals surface area contributed by atoms with Crippen molar-refractivity contribution in [1.82, 2.24) is 9.62 Å². The first-order valence-electron chi connectivity index (χ1n) is 10.4. The molecule has 0 radical (unpaired) electrons. The number of nitrogens with one attached hydrogen (secondary N) is 1. The molecule has 0 aromatic rings. The number of hydrogen-bond donors (Lipinski definition) is 2. The SMILES string of the molecule is O=C(C1CC2(CCCCC2)C1)N1CC2(CCNCC2)CS1(=O)=O.O=C(O)C(F)(F)F. The number of alkyl halides is 3. The number of carboxylic acids is 1. The van der Waals surface area contributed by atoms with Crippen molar-refractivity contribution in [2.75, 3.05) is 25.4 Å². The lowest BCUT2D eigenvalue weighted by Crippen LogP contribution is -2.49. The van der Waals surface area contributed by atoms with Crippen LogP contribution in [-0.4, -0.2) is 61.3 Å². The second kappa shape index (κ2) is 8.29. The molecule has 2 N–H and O–H groups in total. The highest BCUT2D eigenvalue weighted by Gasteiger charge is 2.54. The minimum Gasteiger partial charge on any atom is -0.475 e. The number of sulfonamides is 1. The molecule has 0 unspecified atom stereocenters. The van der Waals surface area contributed by atoms with Crippen LogP contribution in [0, 0.1) is 16.7 Å². The van der Waals surface area contributed by atoms with Crippen molar-refractivity contribution in [3.05, 3.63) is 0 Å². The van der Waals surface area contributed by atoms with Crippen LogP contribution in [0.2, 0.25) is 0 Å². The second-order valence-corrected chi connectivity index (χ2v) is 11.2. The number of carbonyl (C=O) groups is 2. The summed E-state index contributed by atoms with van der Waals surface area (Å²) in [6.07, 6.45) is 4.84. The average molecular weight is 455 g/mol. The van der Waals surface area contributed by atoms with Gasteiger partial charge in [-0.15, -0.1) is 0 Å². The standard InChI is InChI=1S/C17H28N2O3S.C2HF3O2/c20-15(14-10-16(11-14)4-2-1-3-5-16)19-12-17(13-23(19,21)22)6-8-18-9-7-17;3-2(4,5)1(6)7/h14,18H,1-13H2;(H,6,7). The lowest BCUT2D eigenvalue weighted by Gasteiger charge is -2.50. The Morgan fingerprint density at radius 2 is 1.50 bits per heavy atom. The Labute approximate surface area is 174 Å². The Balaban J connectivity index is 0.000000318. The molecule has 1 amide bonds. The largest absolute Gasteiger partial charge is 0.490 e. The summed E-state index contributed by atoms with van der Waals surface area (Å²) in [7, 11) is -3.40. The number of halogens is 3. The molecule has 2 aliphatic heterocycles. The van der Waals surface area contributed by atoms with Crippen LogP contribution in [0.5, 0.6) is 0 Å². The number of aliphatic carboxylic acids is 1. The first-order chi connectivity index (χ1) is 13.9. The minimum absolute atomic E-state index is 0.0419. The van der Waals surface area contributed by atoms with Gasteiger partial charge in [-0.3, -0.25) is 4.79 Å². The molecule has 2 saturated heterocycles. The molecule has 4 fully saturated rings. The predicted molar refractivity (Wildman–Crippen MR) is 102 cm³/mol. The fourth-order valence-electron chi connectivity index (χ4n) is 5.46. The van der Waals surface area contributed by atoms with Crippen molar-refractivity contribution in [2.24, 2.45) is 16.7 Å². The van der Waals surface area contributed by atoms with Gasteiger partial charge in [0.05, 0.1) is 5.75 Å². The number of nitrogens with zero attached hydrogens (tertiary/aromatic N) is 1. The zero-order valence-electron chi connectivity index (χ0n) is 16.8. The Kier molecular flexibility index (Phi) is 6.44. The average Bonchev–Trinajstić information content (AvgIpc) is 2.90. The van der Waals surface area contributed by atoms with Crippen molar-refractivity contribution >= 4 is 21.9 Å². The van der Waals surface area contributed by atoms with Gasteiger partial charge in [-0.25, -0.2) is 17.5 Å². The van der Waals surface area contributed by atoms with Crippen LogP contribution in [-0.2, 0) is 19.6 Å². The highest BCUT2D eigenvalue weighted by atomic mass is 32.2. The van der Waals surface area contributed by atoms with E-state index in [0.717, 1.165) is 38.8 Å². The molecule has 2 aliphatic carbocycles. The summed E-state index contributed by atoms with van der Waals surface area (Å²) in [6, 6.07) is 0. The van der Waals surface area contributed by atoms with Gasteiger partial charge in [0.15, 0.2) is 0 Å². The Hall–Kier alpha value is -1.36. The molecule has 7 nitrogen and oxygen atoms in total. The van der Waals surface area contributed by atoms with Crippen molar-refractivity contribution in [3.8, 4) is 0 Å². The summed E-state index contributed by atoms with van der Waals surface area (Å²) in [5, 5.41) is 10.4. The highest BCUT2D eigenvalue weighted by molar-refractivity contribution is 7.89. The molecule has 30 heavy (non-hydrogen) atoms. The molecule has 0 atom stereocenters. The van der Waals surface area contributed by atoms with Crippen LogP contribution in [0.4, 0.5) is 13.2 Å². The highest BCUT2D eigenvalue weighted by Crippen LogP contribution is 2.55. The molecule has 0 aromatic carbocycles. The monoisotopic (exact) mass is 454 g/mol. The van der Waals surface area contributed by atoms with E-state index in [9.17, 15) is 26.4 Å². The fourth-order valence-corrected chi connectivity index (χ4v) is 7.67. The Morgan fingerprint density at radius 1 is 0.967 bits per heavy atom. The predicted octanol–water partition coefficient (Wildman–Crippen LogP) is 2.52. The normalized spacial score (nSPS) is 27.2. The van der Waals surface area contributed by atoms with Crippen molar-refractivity contribution in [3.63, 3.8) is 0 Å². The van der Waals surface area contributed by atoms with E-state index in [1.165, 1.54) is 36.4 Å². The summed E-state index contributed by atoms with van der Waals surface area (Å²) in [6.45, 7) is 2.16. The topological polar surface area (TPSA) is 104 Å². The van der Waals surface area contributed by atoms with E-state index >= 15 is 0 Å². The smallest absolute Gasteiger partial charge is 0.475 e. The van der Waals surface area contributed by atoms with Crippen LogP contribution >= 0.6 is 0 Å². The third kappa shape index (κ3) is 4.92. The van der Waals surface area contributed by atoms with E-state index in [4.69, 9.17) is 9.90 Å². The number of carboxylic acid groups (broad SMARTS) is 1.